The summed E-state index contributed by atoms with van der Waals surface area (Å²) in [5, 5.41) is 0. The third kappa shape index (κ3) is 1.57. The Bertz CT molecular complexity index is 493. The lowest BCUT2D eigenvalue weighted by Crippen LogP contribution is -2.21. The monoisotopic (exact) mass is 229 g/mol. The van der Waals surface area contributed by atoms with Gasteiger partial charge >= 0.3 is 0 Å². The number of methoxy groups -OCH3 is 1. The summed E-state index contributed by atoms with van der Waals surface area (Å²) in [4.78, 5) is 15.6. The number of fused-ring (bicyclic) bond motifs is 3. The molecule has 17 heavy (non-hydrogen) atoms. The van der Waals surface area contributed by atoms with Gasteiger partial charge in [-0.3, -0.25) is 4.99 Å². The first-order valence-corrected chi connectivity index (χ1v) is 6.03. The number of benzene rings is 1. The molecule has 2 unspecified atom stereocenters. The van der Waals surface area contributed by atoms with Gasteiger partial charge in [0.05, 0.1) is 7.11 Å². The minimum atomic E-state index is 0.191. The van der Waals surface area contributed by atoms with Crippen LogP contribution in [0.2, 0.25) is 0 Å². The fourth-order valence-corrected chi connectivity index (χ4v) is 2.88. The highest BCUT2D eigenvalue weighted by Gasteiger charge is 2.34. The quantitative estimate of drug-likeness (QED) is 0.731. The molecule has 2 atom stereocenters. The maximum atomic E-state index is 10.9. The molecule has 1 aromatic carbocycles. The zero-order valence-electron chi connectivity index (χ0n) is 9.85. The lowest BCUT2D eigenvalue weighted by Gasteiger charge is -2.24. The maximum Gasteiger partial charge on any atom is 0.144 e. The molecule has 0 N–H and O–H groups in total. The van der Waals surface area contributed by atoms with Gasteiger partial charge in [0.1, 0.15) is 17.7 Å². The molecule has 2 aliphatic rings. The fourth-order valence-electron chi connectivity index (χ4n) is 2.88. The molecule has 1 aromatic rings. The average Bonchev–Trinajstić information content (AvgIpc) is 2.76. The van der Waals surface area contributed by atoms with E-state index in [2.05, 4.69) is 11.1 Å². The lowest BCUT2D eigenvalue weighted by molar-refractivity contribution is -0.111. The van der Waals surface area contributed by atoms with E-state index in [-0.39, 0.29) is 5.92 Å². The number of carbonyl (C=O) groups excluding carboxylic acids is 1. The molecule has 1 saturated carbocycles. The number of aliphatic imine (C=N–C) groups is 1. The summed E-state index contributed by atoms with van der Waals surface area (Å²) in [6, 6.07) is 6.05. The van der Waals surface area contributed by atoms with Gasteiger partial charge in [0.15, 0.2) is 0 Å². The molecule has 3 rings (SSSR count). The highest BCUT2D eigenvalue weighted by atomic mass is 16.5. The van der Waals surface area contributed by atoms with Gasteiger partial charge in [-0.1, -0.05) is 12.1 Å². The molecule has 1 fully saturated rings. The van der Waals surface area contributed by atoms with Crippen LogP contribution in [0.15, 0.2) is 23.2 Å². The third-order valence-corrected chi connectivity index (χ3v) is 3.79. The van der Waals surface area contributed by atoms with E-state index in [1.807, 2.05) is 12.1 Å². The molecular weight excluding hydrogens is 214 g/mol. The Balaban J connectivity index is 2.02. The van der Waals surface area contributed by atoms with Crippen LogP contribution < -0.4 is 4.74 Å². The zero-order chi connectivity index (χ0) is 11.8. The minimum absolute atomic E-state index is 0.191. The number of ether oxygens (including phenoxy) is 1. The molecule has 0 radical (unpaired) electrons. The van der Waals surface area contributed by atoms with E-state index in [1.165, 1.54) is 11.3 Å². The molecule has 0 aromatic heterocycles. The minimum Gasteiger partial charge on any atom is -0.494 e. The second-order valence-electron chi connectivity index (χ2n) is 4.72. The first-order valence-electron chi connectivity index (χ1n) is 6.03. The number of aldehydes is 1. The van der Waals surface area contributed by atoms with Crippen molar-refractivity contribution in [3.8, 4) is 5.75 Å². The average molecular weight is 229 g/mol. The second kappa shape index (κ2) is 3.99. The van der Waals surface area contributed by atoms with Crippen molar-refractivity contribution in [2.24, 2.45) is 10.9 Å². The van der Waals surface area contributed by atoms with E-state index in [1.54, 1.807) is 7.11 Å². The van der Waals surface area contributed by atoms with Crippen LogP contribution in [0.3, 0.4) is 0 Å². The molecule has 88 valence electrons. The highest BCUT2D eigenvalue weighted by Crippen LogP contribution is 2.47. The molecule has 3 heteroatoms. The summed E-state index contributed by atoms with van der Waals surface area (Å²) < 4.78 is 5.34. The van der Waals surface area contributed by atoms with Gasteiger partial charge in [-0.25, -0.2) is 0 Å². The molecule has 1 aliphatic carbocycles. The fraction of sp³-hybridized carbons (Fsp3) is 0.429. The maximum absolute atomic E-state index is 10.9. The number of carbonyl (C=O) groups is 1. The Morgan fingerprint density at radius 2 is 2.35 bits per heavy atom. The second-order valence-corrected chi connectivity index (χ2v) is 4.72. The first-order chi connectivity index (χ1) is 8.33. The van der Waals surface area contributed by atoms with Crippen LogP contribution >= 0.6 is 0 Å². The largest absolute Gasteiger partial charge is 0.494 e. The number of hydrogen-bond donors (Lipinski definition) is 0. The highest BCUT2D eigenvalue weighted by molar-refractivity contribution is 6.00. The van der Waals surface area contributed by atoms with Crippen molar-refractivity contribution in [3.63, 3.8) is 0 Å². The molecule has 0 saturated heterocycles. The van der Waals surface area contributed by atoms with E-state index in [4.69, 9.17) is 4.74 Å². The van der Waals surface area contributed by atoms with Gasteiger partial charge in [0, 0.05) is 17.5 Å². The summed E-state index contributed by atoms with van der Waals surface area (Å²) in [5.41, 5.74) is 3.43. The van der Waals surface area contributed by atoms with Gasteiger partial charge < -0.3 is 9.53 Å². The van der Waals surface area contributed by atoms with Crippen LogP contribution in [0.25, 0.3) is 0 Å². The predicted octanol–water partition coefficient (Wildman–Crippen LogP) is 2.86. The van der Waals surface area contributed by atoms with E-state index in [0.29, 0.717) is 5.92 Å². The van der Waals surface area contributed by atoms with Crippen LogP contribution in [0, 0.1) is 5.92 Å². The first kappa shape index (κ1) is 10.5. The SMILES string of the molecule is COc1cccc2c1N=C1CCC(C=O)CC12. The summed E-state index contributed by atoms with van der Waals surface area (Å²) in [5.74, 6) is 1.37. The Morgan fingerprint density at radius 3 is 3.12 bits per heavy atom. The van der Waals surface area contributed by atoms with Crippen molar-refractivity contribution in [1.82, 2.24) is 0 Å². The Labute approximate surface area is 101 Å². The van der Waals surface area contributed by atoms with Crippen molar-refractivity contribution in [2.45, 2.75) is 25.2 Å². The Kier molecular flexibility index (Phi) is 2.46. The normalized spacial score (nSPS) is 25.8. The number of hydrogen-bond acceptors (Lipinski definition) is 3. The van der Waals surface area contributed by atoms with Gasteiger partial charge in [-0.2, -0.15) is 0 Å². The molecule has 0 bridgehead atoms. The smallest absolute Gasteiger partial charge is 0.144 e. The summed E-state index contributed by atoms with van der Waals surface area (Å²) >= 11 is 0. The topological polar surface area (TPSA) is 38.7 Å². The van der Waals surface area contributed by atoms with Crippen molar-refractivity contribution in [3.05, 3.63) is 23.8 Å². The predicted molar refractivity (Wildman–Crippen MR) is 66.2 cm³/mol. The van der Waals surface area contributed by atoms with E-state index in [0.717, 1.165) is 37.0 Å². The molecule has 1 heterocycles. The van der Waals surface area contributed by atoms with Crippen molar-refractivity contribution in [1.29, 1.82) is 0 Å². The summed E-state index contributed by atoms with van der Waals surface area (Å²) in [6.07, 6.45) is 3.87. The Hall–Kier alpha value is -1.64. The third-order valence-electron chi connectivity index (χ3n) is 3.79. The standard InChI is InChI=1S/C14H15NO2/c1-17-13-4-2-3-10-11-7-9(8-16)5-6-12(11)15-14(10)13/h2-4,8-9,11H,5-7H2,1H3. The van der Waals surface area contributed by atoms with E-state index in [9.17, 15) is 4.79 Å². The number of nitrogens with zero attached hydrogens (tertiary/aromatic N) is 1. The van der Waals surface area contributed by atoms with Crippen molar-refractivity contribution in [2.75, 3.05) is 7.11 Å². The van der Waals surface area contributed by atoms with Crippen molar-refractivity contribution >= 4 is 17.7 Å². The van der Waals surface area contributed by atoms with Crippen molar-refractivity contribution < 1.29 is 9.53 Å². The lowest BCUT2D eigenvalue weighted by atomic mass is 9.78. The number of rotatable bonds is 2. The molecule has 3 nitrogen and oxygen atoms in total. The Morgan fingerprint density at radius 1 is 1.47 bits per heavy atom. The van der Waals surface area contributed by atoms with Gasteiger partial charge in [-0.15, -0.1) is 0 Å². The van der Waals surface area contributed by atoms with E-state index < -0.39 is 0 Å². The van der Waals surface area contributed by atoms with E-state index >= 15 is 0 Å². The van der Waals surface area contributed by atoms with Crippen LogP contribution in [0.5, 0.6) is 5.75 Å². The molecule has 1 aliphatic heterocycles. The van der Waals surface area contributed by atoms with Crippen LogP contribution in [0.1, 0.15) is 30.7 Å². The van der Waals surface area contributed by atoms with Crippen LogP contribution in [0.4, 0.5) is 5.69 Å². The van der Waals surface area contributed by atoms with Gasteiger partial charge in [0.25, 0.3) is 0 Å². The molecule has 0 spiro atoms. The van der Waals surface area contributed by atoms with Gasteiger partial charge in [-0.05, 0) is 30.9 Å². The summed E-state index contributed by atoms with van der Waals surface area (Å²) in [7, 11) is 1.67. The number of para-hydroxylation sites is 1. The van der Waals surface area contributed by atoms with Crippen LogP contribution in [-0.2, 0) is 4.79 Å². The molecular formula is C14H15NO2. The summed E-state index contributed by atoms with van der Waals surface area (Å²) in [6.45, 7) is 0. The van der Waals surface area contributed by atoms with Gasteiger partial charge in [0.2, 0.25) is 0 Å². The van der Waals surface area contributed by atoms with Crippen LogP contribution in [-0.4, -0.2) is 19.1 Å². The molecule has 0 amide bonds. The zero-order valence-corrected chi connectivity index (χ0v) is 9.85.